The maximum absolute atomic E-state index is 13.9. The van der Waals surface area contributed by atoms with Crippen LogP contribution in [0.3, 0.4) is 0 Å². The molecule has 3 aromatic rings. The van der Waals surface area contributed by atoms with Crippen LogP contribution in [0.25, 0.3) is 0 Å². The summed E-state index contributed by atoms with van der Waals surface area (Å²) in [7, 11) is 1.94. The van der Waals surface area contributed by atoms with Gasteiger partial charge in [0.2, 0.25) is 5.91 Å². The van der Waals surface area contributed by atoms with Gasteiger partial charge >= 0.3 is 0 Å². The summed E-state index contributed by atoms with van der Waals surface area (Å²) in [6.07, 6.45) is 12.5. The lowest BCUT2D eigenvalue weighted by Crippen LogP contribution is -2.39. The summed E-state index contributed by atoms with van der Waals surface area (Å²) >= 11 is 0. The van der Waals surface area contributed by atoms with Crippen molar-refractivity contribution in [2.45, 2.75) is 45.3 Å². The van der Waals surface area contributed by atoms with Gasteiger partial charge in [-0.3, -0.25) is 19.4 Å². The van der Waals surface area contributed by atoms with Crippen molar-refractivity contribution in [3.63, 3.8) is 0 Å². The molecule has 32 heavy (non-hydrogen) atoms. The Morgan fingerprint density at radius 1 is 1.19 bits per heavy atom. The van der Waals surface area contributed by atoms with Gasteiger partial charge in [-0.2, -0.15) is 5.10 Å². The summed E-state index contributed by atoms with van der Waals surface area (Å²) in [5.41, 5.74) is 2.85. The number of rotatable bonds is 6. The summed E-state index contributed by atoms with van der Waals surface area (Å²) in [6, 6.07) is 4.32. The fourth-order valence-electron chi connectivity index (χ4n) is 5.32. The van der Waals surface area contributed by atoms with E-state index < -0.39 is 5.41 Å². The second-order valence-corrected chi connectivity index (χ2v) is 9.58. The molecule has 0 aromatic carbocycles. The Bertz CT molecular complexity index is 1090. The number of carbonyl (C=O) groups excluding carboxylic acids is 1. The number of pyridine rings is 1. The van der Waals surface area contributed by atoms with E-state index in [1.54, 1.807) is 6.20 Å². The van der Waals surface area contributed by atoms with Gasteiger partial charge in [-0.25, -0.2) is 4.98 Å². The monoisotopic (exact) mass is 433 g/mol. The van der Waals surface area contributed by atoms with E-state index in [-0.39, 0.29) is 11.8 Å². The smallest absolute Gasteiger partial charge is 0.231 e. The Balaban J connectivity index is 1.43. The number of hydrogen-bond donors (Lipinski definition) is 0. The number of likely N-dealkylation sites (tertiary alicyclic amines) is 2. The average molecular weight is 434 g/mol. The predicted molar refractivity (Wildman–Crippen MR) is 121 cm³/mol. The molecule has 2 aliphatic rings. The van der Waals surface area contributed by atoms with Gasteiger partial charge in [0.1, 0.15) is 0 Å². The second-order valence-electron chi connectivity index (χ2n) is 9.58. The number of hydrogen-bond acceptors (Lipinski definition) is 5. The van der Waals surface area contributed by atoms with Crippen molar-refractivity contribution in [2.75, 3.05) is 19.6 Å². The molecular formula is C24H31N7O. The zero-order valence-electron chi connectivity index (χ0n) is 19.1. The SMILES string of the molecule is CC(C)n1cnc([C@H]2CN(Cc3cnn(C)c3)C[C@]23CCN(Cc2cccnc2)C3=O)c1. The van der Waals surface area contributed by atoms with Crippen LogP contribution in [0.1, 0.15) is 49.0 Å². The molecule has 2 aliphatic heterocycles. The summed E-state index contributed by atoms with van der Waals surface area (Å²) in [6.45, 7) is 8.08. The molecule has 168 valence electrons. The van der Waals surface area contributed by atoms with Gasteiger partial charge in [0.05, 0.1) is 23.6 Å². The minimum atomic E-state index is -0.430. The second kappa shape index (κ2) is 8.16. The normalized spacial score (nSPS) is 23.8. The highest BCUT2D eigenvalue weighted by molar-refractivity contribution is 5.86. The third-order valence-corrected chi connectivity index (χ3v) is 6.99. The quantitative estimate of drug-likeness (QED) is 0.598. The molecule has 8 heteroatoms. The summed E-state index contributed by atoms with van der Waals surface area (Å²) in [5, 5.41) is 4.31. The van der Waals surface area contributed by atoms with Crippen molar-refractivity contribution in [3.05, 3.63) is 66.3 Å². The standard InChI is InChI=1S/C24H31N7O/c1-18(2)31-15-22(26-17-31)21-14-29(12-20-10-27-28(3)11-20)16-24(21)6-8-30(23(24)32)13-19-5-4-7-25-9-19/h4-5,7,9-11,15,17-18,21H,6,8,12-14,16H2,1-3H3/t21-,24-/m1/s1. The van der Waals surface area contributed by atoms with E-state index in [0.717, 1.165) is 43.9 Å². The first kappa shape index (κ1) is 20.9. The van der Waals surface area contributed by atoms with Gasteiger partial charge in [0.25, 0.3) is 0 Å². The highest BCUT2D eigenvalue weighted by Crippen LogP contribution is 2.50. The van der Waals surface area contributed by atoms with E-state index in [2.05, 4.69) is 45.8 Å². The van der Waals surface area contributed by atoms with Crippen LogP contribution < -0.4 is 0 Å². The molecule has 5 rings (SSSR count). The Kier molecular flexibility index (Phi) is 5.33. The first-order valence-electron chi connectivity index (χ1n) is 11.4. The molecule has 2 saturated heterocycles. The maximum atomic E-state index is 13.9. The number of nitrogens with zero attached hydrogens (tertiary/aromatic N) is 7. The molecule has 0 aliphatic carbocycles. The first-order valence-corrected chi connectivity index (χ1v) is 11.4. The fourth-order valence-corrected chi connectivity index (χ4v) is 5.32. The van der Waals surface area contributed by atoms with Crippen molar-refractivity contribution >= 4 is 5.91 Å². The van der Waals surface area contributed by atoms with Gasteiger partial charge in [-0.05, 0) is 31.9 Å². The molecular weight excluding hydrogens is 402 g/mol. The Morgan fingerprint density at radius 3 is 2.75 bits per heavy atom. The third-order valence-electron chi connectivity index (χ3n) is 6.99. The van der Waals surface area contributed by atoms with Crippen molar-refractivity contribution in [1.82, 2.24) is 34.1 Å². The van der Waals surface area contributed by atoms with Crippen LogP contribution in [0.5, 0.6) is 0 Å². The molecule has 3 aromatic heterocycles. The number of aryl methyl sites for hydroxylation is 1. The lowest BCUT2D eigenvalue weighted by atomic mass is 9.75. The van der Waals surface area contributed by atoms with E-state index in [9.17, 15) is 4.79 Å². The molecule has 0 saturated carbocycles. The van der Waals surface area contributed by atoms with Crippen molar-refractivity contribution in [1.29, 1.82) is 0 Å². The van der Waals surface area contributed by atoms with Crippen LogP contribution in [0.4, 0.5) is 0 Å². The number of aromatic nitrogens is 5. The van der Waals surface area contributed by atoms with E-state index >= 15 is 0 Å². The molecule has 0 unspecified atom stereocenters. The van der Waals surface area contributed by atoms with E-state index in [0.29, 0.717) is 12.6 Å². The minimum absolute atomic E-state index is 0.0885. The van der Waals surface area contributed by atoms with Gasteiger partial charge < -0.3 is 9.47 Å². The van der Waals surface area contributed by atoms with E-state index in [1.165, 1.54) is 5.56 Å². The number of imidazole rings is 1. The molecule has 5 heterocycles. The molecule has 1 spiro atoms. The Labute approximate surface area is 188 Å². The zero-order chi connectivity index (χ0) is 22.3. The molecule has 1 amide bonds. The summed E-state index contributed by atoms with van der Waals surface area (Å²) in [4.78, 5) is 27.3. The molecule has 8 nitrogen and oxygen atoms in total. The number of amides is 1. The van der Waals surface area contributed by atoms with E-state index in [1.807, 2.05) is 47.5 Å². The minimum Gasteiger partial charge on any atom is -0.338 e. The highest BCUT2D eigenvalue weighted by Gasteiger charge is 2.57. The average Bonchev–Trinajstić information content (AvgIpc) is 3.54. The molecule has 2 atom stereocenters. The molecule has 0 radical (unpaired) electrons. The van der Waals surface area contributed by atoms with Crippen LogP contribution in [0.15, 0.2) is 49.4 Å². The molecule has 2 fully saturated rings. The van der Waals surface area contributed by atoms with Crippen molar-refractivity contribution in [2.24, 2.45) is 12.5 Å². The van der Waals surface area contributed by atoms with Crippen LogP contribution >= 0.6 is 0 Å². The van der Waals surface area contributed by atoms with Gasteiger partial charge in [0, 0.05) is 82.1 Å². The largest absolute Gasteiger partial charge is 0.338 e. The predicted octanol–water partition coefficient (Wildman–Crippen LogP) is 2.61. The van der Waals surface area contributed by atoms with Gasteiger partial charge in [0.15, 0.2) is 0 Å². The molecule has 0 N–H and O–H groups in total. The van der Waals surface area contributed by atoms with Gasteiger partial charge in [-0.1, -0.05) is 6.07 Å². The molecule has 0 bridgehead atoms. The van der Waals surface area contributed by atoms with Crippen LogP contribution in [-0.4, -0.2) is 59.7 Å². The lowest BCUT2D eigenvalue weighted by Gasteiger charge is -2.28. The van der Waals surface area contributed by atoms with Crippen LogP contribution in [0, 0.1) is 5.41 Å². The Hall–Kier alpha value is -3.00. The Morgan fingerprint density at radius 2 is 2.06 bits per heavy atom. The topological polar surface area (TPSA) is 72.1 Å². The van der Waals surface area contributed by atoms with Crippen molar-refractivity contribution in [3.8, 4) is 0 Å². The lowest BCUT2D eigenvalue weighted by molar-refractivity contribution is -0.136. The fraction of sp³-hybridized carbons (Fsp3) is 0.500. The first-order chi connectivity index (χ1) is 15.4. The zero-order valence-corrected chi connectivity index (χ0v) is 19.1. The summed E-state index contributed by atoms with van der Waals surface area (Å²) < 4.78 is 3.97. The highest BCUT2D eigenvalue weighted by atomic mass is 16.2. The summed E-state index contributed by atoms with van der Waals surface area (Å²) in [5.74, 6) is 0.338. The van der Waals surface area contributed by atoms with E-state index in [4.69, 9.17) is 4.98 Å². The third kappa shape index (κ3) is 3.72. The van der Waals surface area contributed by atoms with Gasteiger partial charge in [-0.15, -0.1) is 0 Å². The number of carbonyl (C=O) groups is 1. The van der Waals surface area contributed by atoms with Crippen LogP contribution in [-0.2, 0) is 24.9 Å². The van der Waals surface area contributed by atoms with Crippen molar-refractivity contribution < 1.29 is 4.79 Å². The maximum Gasteiger partial charge on any atom is 0.231 e. The van der Waals surface area contributed by atoms with Crippen LogP contribution in [0.2, 0.25) is 0 Å².